The lowest BCUT2D eigenvalue weighted by Gasteiger charge is -2.08. The van der Waals surface area contributed by atoms with Crippen LogP contribution in [-0.4, -0.2) is 0 Å². The minimum absolute atomic E-state index is 0.129. The number of halogens is 4. The van der Waals surface area contributed by atoms with Crippen LogP contribution in [0.4, 0.5) is 4.39 Å². The summed E-state index contributed by atoms with van der Waals surface area (Å²) < 4.78 is 13.0. The van der Waals surface area contributed by atoms with E-state index >= 15 is 0 Å². The zero-order valence-electron chi connectivity index (χ0n) is 9.89. The molecule has 0 fully saturated rings. The molecule has 2 aromatic carbocycles. The normalized spacial score (nSPS) is 10.7. The Labute approximate surface area is 126 Å². The van der Waals surface area contributed by atoms with E-state index in [1.807, 2.05) is 6.07 Å². The highest BCUT2D eigenvalue weighted by atomic mass is 35.5. The van der Waals surface area contributed by atoms with Gasteiger partial charge in [0, 0.05) is 23.1 Å². The maximum atomic E-state index is 13.0. The monoisotopic (exact) mass is 317 g/mol. The lowest BCUT2D eigenvalue weighted by molar-refractivity contribution is 0.625. The van der Waals surface area contributed by atoms with Crippen LogP contribution in [0.15, 0.2) is 36.4 Å². The van der Waals surface area contributed by atoms with E-state index in [-0.39, 0.29) is 5.02 Å². The molecular weight excluding hydrogens is 308 g/mol. The summed E-state index contributed by atoms with van der Waals surface area (Å²) in [7, 11) is 0. The third-order valence-corrected chi connectivity index (χ3v) is 3.52. The van der Waals surface area contributed by atoms with Crippen molar-refractivity contribution in [2.75, 3.05) is 0 Å². The Morgan fingerprint density at radius 3 is 2.37 bits per heavy atom. The van der Waals surface area contributed by atoms with Gasteiger partial charge in [-0.05, 0) is 35.4 Å². The summed E-state index contributed by atoms with van der Waals surface area (Å²) in [4.78, 5) is 0. The number of hydrogen-bond acceptors (Lipinski definition) is 1. The molecule has 0 saturated heterocycles. The molecule has 0 spiro atoms. The summed E-state index contributed by atoms with van der Waals surface area (Å²) in [5.41, 5.74) is 1.87. The molecule has 2 aromatic rings. The van der Waals surface area contributed by atoms with Crippen molar-refractivity contribution < 1.29 is 4.39 Å². The maximum Gasteiger partial charge on any atom is 0.141 e. The van der Waals surface area contributed by atoms with Crippen LogP contribution < -0.4 is 5.32 Å². The second kappa shape index (κ2) is 6.58. The predicted octanol–water partition coefficient (Wildman–Crippen LogP) is 5.08. The van der Waals surface area contributed by atoms with Crippen molar-refractivity contribution in [3.63, 3.8) is 0 Å². The van der Waals surface area contributed by atoms with Gasteiger partial charge >= 0.3 is 0 Å². The fourth-order valence-corrected chi connectivity index (χ4v) is 2.33. The number of benzene rings is 2. The van der Waals surface area contributed by atoms with Gasteiger partial charge in [-0.1, -0.05) is 46.9 Å². The van der Waals surface area contributed by atoms with Crippen molar-refractivity contribution in [3.8, 4) is 0 Å². The van der Waals surface area contributed by atoms with Crippen LogP contribution >= 0.6 is 34.8 Å². The van der Waals surface area contributed by atoms with E-state index in [1.165, 1.54) is 6.07 Å². The van der Waals surface area contributed by atoms with Gasteiger partial charge < -0.3 is 5.32 Å². The van der Waals surface area contributed by atoms with E-state index in [4.69, 9.17) is 34.8 Å². The number of rotatable bonds is 4. The van der Waals surface area contributed by atoms with Gasteiger partial charge in [0.25, 0.3) is 0 Å². The minimum Gasteiger partial charge on any atom is -0.309 e. The van der Waals surface area contributed by atoms with Crippen molar-refractivity contribution in [2.24, 2.45) is 0 Å². The van der Waals surface area contributed by atoms with Crippen LogP contribution in [-0.2, 0) is 13.1 Å². The molecule has 0 unspecified atom stereocenters. The molecular formula is C14H11Cl3FN. The van der Waals surface area contributed by atoms with Gasteiger partial charge in [-0.2, -0.15) is 0 Å². The van der Waals surface area contributed by atoms with Gasteiger partial charge in [0.2, 0.25) is 0 Å². The Bertz CT molecular complexity index is 587. The standard InChI is InChI=1S/C14H11Cl3FN/c15-11-3-2-10(12(16)6-11)8-19-7-9-1-4-14(18)13(17)5-9/h1-6,19H,7-8H2. The second-order valence-corrected chi connectivity index (χ2v) is 5.34. The molecule has 19 heavy (non-hydrogen) atoms. The Morgan fingerprint density at radius 2 is 1.68 bits per heavy atom. The minimum atomic E-state index is -0.411. The van der Waals surface area contributed by atoms with Crippen LogP contribution in [0.5, 0.6) is 0 Å². The lowest BCUT2D eigenvalue weighted by atomic mass is 10.2. The van der Waals surface area contributed by atoms with E-state index in [2.05, 4.69) is 5.32 Å². The van der Waals surface area contributed by atoms with Gasteiger partial charge in [0.1, 0.15) is 5.82 Å². The largest absolute Gasteiger partial charge is 0.309 e. The molecule has 1 N–H and O–H groups in total. The maximum absolute atomic E-state index is 13.0. The average Bonchev–Trinajstić information content (AvgIpc) is 2.36. The van der Waals surface area contributed by atoms with Crippen LogP contribution in [0.2, 0.25) is 15.1 Å². The fraction of sp³-hybridized carbons (Fsp3) is 0.143. The van der Waals surface area contributed by atoms with Gasteiger partial charge in [0.05, 0.1) is 5.02 Å². The van der Waals surface area contributed by atoms with Crippen molar-refractivity contribution in [3.05, 3.63) is 68.4 Å². The Hall–Kier alpha value is -0.800. The van der Waals surface area contributed by atoms with Gasteiger partial charge in [-0.25, -0.2) is 4.39 Å². The van der Waals surface area contributed by atoms with E-state index in [1.54, 1.807) is 24.3 Å². The predicted molar refractivity (Wildman–Crippen MR) is 78.4 cm³/mol. The summed E-state index contributed by atoms with van der Waals surface area (Å²) in [5.74, 6) is -0.411. The van der Waals surface area contributed by atoms with Crippen LogP contribution in [0.25, 0.3) is 0 Å². The Morgan fingerprint density at radius 1 is 0.895 bits per heavy atom. The third-order valence-electron chi connectivity index (χ3n) is 2.64. The van der Waals surface area contributed by atoms with Gasteiger partial charge in [-0.15, -0.1) is 0 Å². The molecule has 0 aliphatic rings. The molecule has 0 saturated carbocycles. The van der Waals surface area contributed by atoms with Crippen LogP contribution in [0.3, 0.4) is 0 Å². The first-order valence-electron chi connectivity index (χ1n) is 5.65. The molecule has 0 aliphatic carbocycles. The summed E-state index contributed by atoms with van der Waals surface area (Å²) in [6.07, 6.45) is 0. The topological polar surface area (TPSA) is 12.0 Å². The molecule has 0 aliphatic heterocycles. The van der Waals surface area contributed by atoms with Crippen molar-refractivity contribution in [1.82, 2.24) is 5.32 Å². The average molecular weight is 319 g/mol. The molecule has 0 atom stereocenters. The zero-order chi connectivity index (χ0) is 13.8. The Balaban J connectivity index is 1.94. The first-order valence-corrected chi connectivity index (χ1v) is 6.78. The third kappa shape index (κ3) is 4.08. The first-order chi connectivity index (χ1) is 9.06. The highest BCUT2D eigenvalue weighted by Crippen LogP contribution is 2.21. The molecule has 2 rings (SSSR count). The number of nitrogens with one attached hydrogen (secondary N) is 1. The van der Waals surface area contributed by atoms with Crippen LogP contribution in [0.1, 0.15) is 11.1 Å². The number of hydrogen-bond donors (Lipinski definition) is 1. The molecule has 0 amide bonds. The molecule has 0 aromatic heterocycles. The zero-order valence-corrected chi connectivity index (χ0v) is 12.2. The molecule has 0 heterocycles. The fourth-order valence-electron chi connectivity index (χ4n) is 1.66. The van der Waals surface area contributed by atoms with E-state index < -0.39 is 5.82 Å². The summed E-state index contributed by atoms with van der Waals surface area (Å²) in [6, 6.07) is 10.0. The van der Waals surface area contributed by atoms with Gasteiger partial charge in [-0.3, -0.25) is 0 Å². The summed E-state index contributed by atoms with van der Waals surface area (Å²) in [5, 5.41) is 4.58. The van der Waals surface area contributed by atoms with E-state index in [0.29, 0.717) is 23.1 Å². The SMILES string of the molecule is Fc1ccc(CNCc2ccc(Cl)cc2Cl)cc1Cl. The highest BCUT2D eigenvalue weighted by Gasteiger charge is 2.03. The second-order valence-electron chi connectivity index (χ2n) is 4.09. The molecule has 1 nitrogen and oxygen atoms in total. The molecule has 5 heteroatoms. The van der Waals surface area contributed by atoms with Crippen molar-refractivity contribution in [2.45, 2.75) is 13.1 Å². The highest BCUT2D eigenvalue weighted by molar-refractivity contribution is 6.35. The quantitative estimate of drug-likeness (QED) is 0.829. The van der Waals surface area contributed by atoms with E-state index in [0.717, 1.165) is 11.1 Å². The van der Waals surface area contributed by atoms with E-state index in [9.17, 15) is 4.39 Å². The van der Waals surface area contributed by atoms with Crippen molar-refractivity contribution >= 4 is 34.8 Å². The smallest absolute Gasteiger partial charge is 0.141 e. The summed E-state index contributed by atoms with van der Waals surface area (Å²) in [6.45, 7) is 1.18. The molecule has 0 bridgehead atoms. The van der Waals surface area contributed by atoms with Crippen molar-refractivity contribution in [1.29, 1.82) is 0 Å². The summed E-state index contributed by atoms with van der Waals surface area (Å²) >= 11 is 17.6. The Kier molecular flexibility index (Phi) is 5.06. The molecule has 100 valence electrons. The van der Waals surface area contributed by atoms with Gasteiger partial charge in [0.15, 0.2) is 0 Å². The van der Waals surface area contributed by atoms with Crippen LogP contribution in [0, 0.1) is 5.82 Å². The first kappa shape index (κ1) is 14.6. The lowest BCUT2D eigenvalue weighted by Crippen LogP contribution is -2.13. The molecule has 0 radical (unpaired) electrons.